The van der Waals surface area contributed by atoms with Crippen molar-refractivity contribution in [3.8, 4) is 0 Å². The summed E-state index contributed by atoms with van der Waals surface area (Å²) in [6.45, 7) is 3.50. The van der Waals surface area contributed by atoms with Gasteiger partial charge in [0.15, 0.2) is 6.29 Å². The molecule has 11 nitrogen and oxygen atoms in total. The lowest BCUT2D eigenvalue weighted by Gasteiger charge is -2.40. The minimum atomic E-state index is -1.64. The van der Waals surface area contributed by atoms with Crippen LogP contribution in [0.2, 0.25) is 0 Å². The van der Waals surface area contributed by atoms with Crippen molar-refractivity contribution < 1.29 is 50.0 Å². The van der Waals surface area contributed by atoms with Crippen molar-refractivity contribution in [2.75, 3.05) is 13.2 Å². The monoisotopic (exact) mass is 818 g/mol. The quantitative estimate of drug-likeness (QED) is 0.0283. The lowest BCUT2D eigenvalue weighted by atomic mass is 9.98. The highest BCUT2D eigenvalue weighted by atomic mass is 16.7. The van der Waals surface area contributed by atoms with Gasteiger partial charge in [-0.25, -0.2) is 0 Å². The largest absolute Gasteiger partial charge is 0.394 e. The van der Waals surface area contributed by atoms with Crippen LogP contribution >= 0.6 is 0 Å². The zero-order valence-corrected chi connectivity index (χ0v) is 36.6. The van der Waals surface area contributed by atoms with Gasteiger partial charge in [0.2, 0.25) is 5.91 Å². The number of unbranched alkanes of at least 4 members (excludes halogenated alkanes) is 27. The molecule has 57 heavy (non-hydrogen) atoms. The highest BCUT2D eigenvalue weighted by Crippen LogP contribution is 2.23. The summed E-state index contributed by atoms with van der Waals surface area (Å²) in [7, 11) is 0. The minimum absolute atomic E-state index is 0.0316. The number of aliphatic hydroxyl groups excluding tert-OH is 7. The zero-order valence-electron chi connectivity index (χ0n) is 36.6. The van der Waals surface area contributed by atoms with E-state index >= 15 is 0 Å². The first-order valence-corrected chi connectivity index (χ1v) is 23.9. The summed E-state index contributed by atoms with van der Waals surface area (Å²) >= 11 is 0. The number of nitrogens with one attached hydrogen (secondary N) is 1. The molecule has 0 aromatic heterocycles. The molecular formula is C46H91NO10. The van der Waals surface area contributed by atoms with Gasteiger partial charge in [0.1, 0.15) is 30.5 Å². The lowest BCUT2D eigenvalue weighted by molar-refractivity contribution is -0.302. The summed E-state index contributed by atoms with van der Waals surface area (Å²) in [6, 6.07) is -1.06. The van der Waals surface area contributed by atoms with Gasteiger partial charge in [0.05, 0.1) is 31.5 Å². The van der Waals surface area contributed by atoms with E-state index in [1.807, 2.05) is 0 Å². The highest BCUT2D eigenvalue weighted by Gasteiger charge is 2.44. The standard InChI is InChI=1S/C46H91NO10/c1-3-5-7-9-11-13-15-16-17-18-19-20-21-23-25-27-29-31-33-39(50)45(55)47-38(36-56-46-44(54)43(53)42(52)41(35-48)57-46)40(51)34-37(49)32-30-28-26-24-22-14-12-10-8-6-4-2/h37-44,46,48-54H,3-36H2,1-2H3,(H,47,55)/t37-,38-,39-,40-,41-,42-,43+,44-,46-/m1/s1. The number of aliphatic hydroxyl groups is 7. The lowest BCUT2D eigenvalue weighted by Crippen LogP contribution is -2.60. The van der Waals surface area contributed by atoms with Gasteiger partial charge >= 0.3 is 0 Å². The molecule has 0 radical (unpaired) electrons. The molecule has 0 aromatic rings. The Morgan fingerprint density at radius 2 is 0.947 bits per heavy atom. The van der Waals surface area contributed by atoms with Gasteiger partial charge < -0.3 is 50.5 Å². The molecule has 1 saturated heterocycles. The Balaban J connectivity index is 2.40. The number of rotatable bonds is 40. The van der Waals surface area contributed by atoms with E-state index in [1.54, 1.807) is 0 Å². The Kier molecular flexibility index (Phi) is 35.1. The van der Waals surface area contributed by atoms with Crippen LogP contribution in [0.5, 0.6) is 0 Å². The maximum atomic E-state index is 13.1. The van der Waals surface area contributed by atoms with Gasteiger partial charge in [0, 0.05) is 6.42 Å². The Morgan fingerprint density at radius 3 is 1.35 bits per heavy atom. The van der Waals surface area contributed by atoms with Crippen LogP contribution in [0.25, 0.3) is 0 Å². The highest BCUT2D eigenvalue weighted by molar-refractivity contribution is 5.80. The van der Waals surface area contributed by atoms with Crippen LogP contribution in [0, 0.1) is 0 Å². The van der Waals surface area contributed by atoms with Crippen LogP contribution in [0.3, 0.4) is 0 Å². The third kappa shape index (κ3) is 27.6. The summed E-state index contributed by atoms with van der Waals surface area (Å²) in [5.74, 6) is -0.664. The fourth-order valence-electron chi connectivity index (χ4n) is 7.91. The van der Waals surface area contributed by atoms with E-state index in [0.717, 1.165) is 38.5 Å². The molecule has 1 amide bonds. The number of hydrogen-bond acceptors (Lipinski definition) is 10. The van der Waals surface area contributed by atoms with Gasteiger partial charge in [-0.15, -0.1) is 0 Å². The molecule has 9 atom stereocenters. The molecule has 1 rings (SSSR count). The molecule has 8 N–H and O–H groups in total. The Morgan fingerprint density at radius 1 is 0.561 bits per heavy atom. The van der Waals surface area contributed by atoms with E-state index in [-0.39, 0.29) is 19.4 Å². The number of ether oxygens (including phenoxy) is 2. The average Bonchev–Trinajstić information content (AvgIpc) is 3.20. The molecule has 0 aromatic carbocycles. The van der Waals surface area contributed by atoms with E-state index in [9.17, 15) is 40.5 Å². The zero-order chi connectivity index (χ0) is 41.9. The fourth-order valence-corrected chi connectivity index (χ4v) is 7.91. The van der Waals surface area contributed by atoms with Crippen molar-refractivity contribution in [1.29, 1.82) is 0 Å². The molecule has 11 heteroatoms. The fraction of sp³-hybridized carbons (Fsp3) is 0.978. The molecule has 340 valence electrons. The van der Waals surface area contributed by atoms with Gasteiger partial charge in [-0.1, -0.05) is 200 Å². The van der Waals surface area contributed by atoms with Gasteiger partial charge in [-0.3, -0.25) is 4.79 Å². The first kappa shape index (κ1) is 54.1. The molecule has 1 aliphatic rings. The van der Waals surface area contributed by atoms with Crippen LogP contribution in [0.15, 0.2) is 0 Å². The number of carbonyl (C=O) groups is 1. The van der Waals surface area contributed by atoms with Crippen molar-refractivity contribution in [3.05, 3.63) is 0 Å². The summed E-state index contributed by atoms with van der Waals surface area (Å²) in [6.07, 6.45) is 25.7. The minimum Gasteiger partial charge on any atom is -0.394 e. The molecule has 0 bridgehead atoms. The van der Waals surface area contributed by atoms with E-state index in [4.69, 9.17) is 9.47 Å². The average molecular weight is 818 g/mol. The third-order valence-corrected chi connectivity index (χ3v) is 11.9. The van der Waals surface area contributed by atoms with Gasteiger partial charge in [-0.05, 0) is 12.8 Å². The summed E-state index contributed by atoms with van der Waals surface area (Å²) in [4.78, 5) is 13.1. The normalized spacial score (nSPS) is 22.0. The molecule has 0 unspecified atom stereocenters. The van der Waals surface area contributed by atoms with E-state index in [0.29, 0.717) is 12.8 Å². The van der Waals surface area contributed by atoms with Crippen LogP contribution in [0.4, 0.5) is 0 Å². The summed E-state index contributed by atoms with van der Waals surface area (Å²) in [5, 5.41) is 75.5. The van der Waals surface area contributed by atoms with Crippen LogP contribution in [-0.2, 0) is 14.3 Å². The SMILES string of the molecule is CCCCCCCCCCCCCCCCCCCC[C@@H](O)C(=O)N[C@H](CO[C@@H]1O[C@H](CO)[C@@H](O)[C@H](O)[C@H]1O)[C@H](O)C[C@H](O)CCCCCCCCCCCCC. The molecule has 0 saturated carbocycles. The molecular weight excluding hydrogens is 727 g/mol. The molecule has 0 spiro atoms. The van der Waals surface area contributed by atoms with Crippen molar-refractivity contribution in [2.45, 2.75) is 274 Å². The Hall–Kier alpha value is -0.890. The molecule has 1 aliphatic heterocycles. The van der Waals surface area contributed by atoms with Crippen LogP contribution < -0.4 is 5.32 Å². The third-order valence-electron chi connectivity index (χ3n) is 11.9. The van der Waals surface area contributed by atoms with Gasteiger partial charge in [-0.2, -0.15) is 0 Å². The number of hydrogen-bond donors (Lipinski definition) is 8. The first-order valence-electron chi connectivity index (χ1n) is 23.9. The molecule has 0 aliphatic carbocycles. The van der Waals surface area contributed by atoms with E-state index in [1.165, 1.54) is 141 Å². The van der Waals surface area contributed by atoms with Crippen LogP contribution in [-0.4, -0.2) is 110 Å². The van der Waals surface area contributed by atoms with Crippen molar-refractivity contribution >= 4 is 5.91 Å². The maximum absolute atomic E-state index is 13.1. The van der Waals surface area contributed by atoms with Crippen molar-refractivity contribution in [3.63, 3.8) is 0 Å². The number of amides is 1. The van der Waals surface area contributed by atoms with E-state index < -0.39 is 67.6 Å². The predicted octanol–water partition coefficient (Wildman–Crippen LogP) is 7.89. The molecule has 1 heterocycles. The van der Waals surface area contributed by atoms with Crippen LogP contribution in [0.1, 0.15) is 219 Å². The Bertz CT molecular complexity index is 897. The maximum Gasteiger partial charge on any atom is 0.249 e. The topological polar surface area (TPSA) is 189 Å². The Labute approximate surface area is 348 Å². The van der Waals surface area contributed by atoms with E-state index in [2.05, 4.69) is 19.2 Å². The smallest absolute Gasteiger partial charge is 0.249 e. The summed E-state index contributed by atoms with van der Waals surface area (Å²) in [5.41, 5.74) is 0. The second-order valence-corrected chi connectivity index (χ2v) is 17.2. The van der Waals surface area contributed by atoms with Crippen molar-refractivity contribution in [1.82, 2.24) is 5.32 Å². The second kappa shape index (κ2) is 36.9. The first-order chi connectivity index (χ1) is 27.7. The second-order valence-electron chi connectivity index (χ2n) is 17.2. The molecule has 1 fully saturated rings. The van der Waals surface area contributed by atoms with Gasteiger partial charge in [0.25, 0.3) is 0 Å². The predicted molar refractivity (Wildman–Crippen MR) is 229 cm³/mol. The number of carbonyl (C=O) groups excluding carboxylic acids is 1. The summed E-state index contributed by atoms with van der Waals surface area (Å²) < 4.78 is 11.1. The van der Waals surface area contributed by atoms with Crippen molar-refractivity contribution in [2.24, 2.45) is 0 Å².